The lowest BCUT2D eigenvalue weighted by atomic mass is 9.87. The number of hydrogen-bond acceptors (Lipinski definition) is 5. The van der Waals surface area contributed by atoms with Crippen LogP contribution in [0.2, 0.25) is 0 Å². The van der Waals surface area contributed by atoms with Crippen LogP contribution in [0.15, 0.2) is 30.3 Å². The highest BCUT2D eigenvalue weighted by atomic mass is 16.3. The van der Waals surface area contributed by atoms with Gasteiger partial charge >= 0.3 is 0 Å². The maximum absolute atomic E-state index is 12.6. The van der Waals surface area contributed by atoms with E-state index in [1.165, 1.54) is 0 Å². The van der Waals surface area contributed by atoms with E-state index in [0.29, 0.717) is 19.5 Å². The first-order valence-electron chi connectivity index (χ1n) is 8.33. The van der Waals surface area contributed by atoms with Crippen LogP contribution in [0.4, 0.5) is 0 Å². The Morgan fingerprint density at radius 1 is 1.33 bits per heavy atom. The van der Waals surface area contributed by atoms with E-state index in [0.717, 1.165) is 12.0 Å². The monoisotopic (exact) mass is 332 g/mol. The van der Waals surface area contributed by atoms with E-state index in [9.17, 15) is 14.7 Å². The van der Waals surface area contributed by atoms with Crippen molar-refractivity contribution >= 4 is 11.8 Å². The number of amides is 2. The molecule has 2 amide bonds. The number of likely N-dealkylation sites (tertiary alicyclic amines) is 1. The zero-order valence-electron chi connectivity index (χ0n) is 13.7. The number of likely N-dealkylation sites (N-methyl/N-ethyl adjacent to an activating group) is 1. The Hall–Kier alpha value is -1.96. The summed E-state index contributed by atoms with van der Waals surface area (Å²) in [6.07, 6.45) is 0.0129. The van der Waals surface area contributed by atoms with Gasteiger partial charge in [-0.05, 0) is 12.0 Å². The number of benzene rings is 1. The molecule has 4 atom stereocenters. The second-order valence-electron chi connectivity index (χ2n) is 6.43. The quantitative estimate of drug-likeness (QED) is 0.569. The first-order valence-corrected chi connectivity index (χ1v) is 8.33. The number of hydrogen-bond donors (Lipinski definition) is 4. The van der Waals surface area contributed by atoms with E-state index >= 15 is 0 Å². The van der Waals surface area contributed by atoms with E-state index in [-0.39, 0.29) is 29.8 Å². The normalized spacial score (nSPS) is 27.4. The predicted molar refractivity (Wildman–Crippen MR) is 88.8 cm³/mol. The van der Waals surface area contributed by atoms with Crippen molar-refractivity contribution < 1.29 is 14.7 Å². The Labute approximate surface area is 141 Å². The number of aliphatic hydroxyl groups is 1. The molecule has 130 valence electrons. The average Bonchev–Trinajstić information content (AvgIpc) is 3.04. The molecule has 2 heterocycles. The van der Waals surface area contributed by atoms with Crippen LogP contribution in [0.1, 0.15) is 12.0 Å². The van der Waals surface area contributed by atoms with E-state index in [4.69, 9.17) is 0 Å². The summed E-state index contributed by atoms with van der Waals surface area (Å²) in [5.41, 5.74) is 7.09. The third-order valence-corrected chi connectivity index (χ3v) is 4.91. The van der Waals surface area contributed by atoms with Gasteiger partial charge in [0.2, 0.25) is 5.91 Å². The van der Waals surface area contributed by atoms with Gasteiger partial charge < -0.3 is 15.3 Å². The van der Waals surface area contributed by atoms with E-state index in [2.05, 4.69) is 16.2 Å². The third-order valence-electron chi connectivity index (χ3n) is 4.91. The van der Waals surface area contributed by atoms with Crippen molar-refractivity contribution in [2.45, 2.75) is 31.0 Å². The van der Waals surface area contributed by atoms with Gasteiger partial charge in [0, 0.05) is 38.5 Å². The number of aliphatic hydroxyl groups excluding tert-OH is 1. The third kappa shape index (κ3) is 3.43. The zero-order chi connectivity index (χ0) is 17.1. The van der Waals surface area contributed by atoms with Crippen LogP contribution in [0, 0.1) is 5.92 Å². The lowest BCUT2D eigenvalue weighted by molar-refractivity contribution is -0.142. The number of fused-ring (bicyclic) bond motifs is 1. The molecule has 7 nitrogen and oxygen atoms in total. The molecule has 3 unspecified atom stereocenters. The van der Waals surface area contributed by atoms with Crippen molar-refractivity contribution in [3.8, 4) is 0 Å². The summed E-state index contributed by atoms with van der Waals surface area (Å²) in [5.74, 6) is -0.347. The molecule has 2 fully saturated rings. The molecule has 1 aromatic rings. The number of nitrogens with one attached hydrogen (secondary N) is 3. The summed E-state index contributed by atoms with van der Waals surface area (Å²) in [5, 5.41) is 12.9. The van der Waals surface area contributed by atoms with Gasteiger partial charge in [-0.3, -0.25) is 15.0 Å². The van der Waals surface area contributed by atoms with Crippen LogP contribution in [0.25, 0.3) is 0 Å². The molecule has 24 heavy (non-hydrogen) atoms. The molecule has 0 saturated carbocycles. The second-order valence-corrected chi connectivity index (χ2v) is 6.43. The highest BCUT2D eigenvalue weighted by Gasteiger charge is 2.44. The van der Waals surface area contributed by atoms with Crippen LogP contribution in [0.5, 0.6) is 0 Å². The lowest BCUT2D eigenvalue weighted by Gasteiger charge is -2.36. The van der Waals surface area contributed by atoms with Crippen LogP contribution < -0.4 is 16.2 Å². The number of hydrazine groups is 1. The predicted octanol–water partition coefficient (Wildman–Crippen LogP) is -0.970. The van der Waals surface area contributed by atoms with Crippen LogP contribution in [0.3, 0.4) is 0 Å². The summed E-state index contributed by atoms with van der Waals surface area (Å²) in [4.78, 5) is 26.2. The van der Waals surface area contributed by atoms with Gasteiger partial charge in [0.05, 0.1) is 0 Å². The minimum atomic E-state index is -1.05. The van der Waals surface area contributed by atoms with Gasteiger partial charge in [0.25, 0.3) is 5.91 Å². The average molecular weight is 332 g/mol. The van der Waals surface area contributed by atoms with Gasteiger partial charge in [0.15, 0.2) is 0 Å². The molecule has 2 saturated heterocycles. The van der Waals surface area contributed by atoms with Crippen LogP contribution in [-0.4, -0.2) is 60.1 Å². The zero-order valence-corrected chi connectivity index (χ0v) is 13.7. The van der Waals surface area contributed by atoms with Gasteiger partial charge in [-0.25, -0.2) is 5.43 Å². The summed E-state index contributed by atoms with van der Waals surface area (Å²) >= 11 is 0. The summed E-state index contributed by atoms with van der Waals surface area (Å²) in [7, 11) is 1.60. The fraction of sp³-hybridized carbons (Fsp3) is 0.529. The fourth-order valence-corrected chi connectivity index (χ4v) is 3.55. The number of piperidine rings is 1. The Kier molecular flexibility index (Phi) is 5.13. The topological polar surface area (TPSA) is 93.7 Å². The van der Waals surface area contributed by atoms with E-state index in [1.807, 2.05) is 30.3 Å². The number of carbonyl (C=O) groups excluding carboxylic acids is 2. The maximum atomic E-state index is 12.6. The summed E-state index contributed by atoms with van der Waals surface area (Å²) in [6, 6.07) is 9.29. The van der Waals surface area contributed by atoms with Crippen molar-refractivity contribution in [1.29, 1.82) is 0 Å². The number of nitrogens with zero attached hydrogens (tertiary/aromatic N) is 1. The largest absolute Gasteiger partial charge is 0.383 e. The number of rotatable bonds is 4. The summed E-state index contributed by atoms with van der Waals surface area (Å²) < 4.78 is 0. The van der Waals surface area contributed by atoms with Gasteiger partial charge in [0.1, 0.15) is 12.1 Å². The maximum Gasteiger partial charge on any atom is 0.251 e. The van der Waals surface area contributed by atoms with Gasteiger partial charge in [-0.15, -0.1) is 0 Å². The Morgan fingerprint density at radius 3 is 2.79 bits per heavy atom. The molecule has 0 bridgehead atoms. The van der Waals surface area contributed by atoms with Crippen molar-refractivity contribution in [1.82, 2.24) is 21.1 Å². The molecule has 1 aromatic carbocycles. The molecule has 3 rings (SSSR count). The Morgan fingerprint density at radius 2 is 2.08 bits per heavy atom. The summed E-state index contributed by atoms with van der Waals surface area (Å²) in [6.45, 7) is 1.05. The van der Waals surface area contributed by atoms with Crippen molar-refractivity contribution in [3.05, 3.63) is 35.9 Å². The van der Waals surface area contributed by atoms with Crippen molar-refractivity contribution in [2.24, 2.45) is 5.92 Å². The first kappa shape index (κ1) is 16.9. The minimum absolute atomic E-state index is 0.00609. The minimum Gasteiger partial charge on any atom is -0.383 e. The molecule has 0 aliphatic carbocycles. The van der Waals surface area contributed by atoms with Crippen LogP contribution >= 0.6 is 0 Å². The van der Waals surface area contributed by atoms with Crippen molar-refractivity contribution in [3.63, 3.8) is 0 Å². The van der Waals surface area contributed by atoms with E-state index < -0.39 is 6.10 Å². The SMILES string of the molecule is CNC(=O)C1NNC2CCN(C(=O)[C@@H](O)Cc3ccccc3)CC21. The fourth-order valence-electron chi connectivity index (χ4n) is 3.55. The standard InChI is InChI=1S/C17H24N4O3/c1-18-16(23)15-12-10-21(8-7-13(12)19-20-15)17(24)14(22)9-11-5-3-2-4-6-11/h2-6,12-15,19-20,22H,7-10H2,1H3,(H,18,23)/t12?,13?,14-,15?/m0/s1. The highest BCUT2D eigenvalue weighted by Crippen LogP contribution is 2.25. The Balaban J connectivity index is 1.62. The van der Waals surface area contributed by atoms with E-state index in [1.54, 1.807) is 11.9 Å². The molecule has 0 spiro atoms. The molecular formula is C17H24N4O3. The molecule has 0 radical (unpaired) electrons. The number of carbonyl (C=O) groups is 2. The lowest BCUT2D eigenvalue weighted by Crippen LogP contribution is -2.53. The highest BCUT2D eigenvalue weighted by molar-refractivity contribution is 5.83. The second kappa shape index (κ2) is 7.29. The molecule has 0 aromatic heterocycles. The van der Waals surface area contributed by atoms with Gasteiger partial charge in [-0.1, -0.05) is 30.3 Å². The molecule has 7 heteroatoms. The van der Waals surface area contributed by atoms with Crippen molar-refractivity contribution in [2.75, 3.05) is 20.1 Å². The molecule has 2 aliphatic rings. The Bertz CT molecular complexity index is 595. The molecule has 4 N–H and O–H groups in total. The smallest absolute Gasteiger partial charge is 0.251 e. The molecule has 2 aliphatic heterocycles. The molecular weight excluding hydrogens is 308 g/mol. The van der Waals surface area contributed by atoms with Gasteiger partial charge in [-0.2, -0.15) is 0 Å². The van der Waals surface area contributed by atoms with Crippen LogP contribution in [-0.2, 0) is 16.0 Å². The first-order chi connectivity index (χ1) is 11.6.